The van der Waals surface area contributed by atoms with Crippen molar-refractivity contribution < 1.29 is 22.8 Å². The molecule has 0 amide bonds. The van der Waals surface area contributed by atoms with E-state index in [9.17, 15) is 13.2 Å². The van der Waals surface area contributed by atoms with Gasteiger partial charge in [-0.1, -0.05) is 53.7 Å². The third-order valence-corrected chi connectivity index (χ3v) is 4.53. The van der Waals surface area contributed by atoms with Crippen LogP contribution < -0.4 is 0 Å². The van der Waals surface area contributed by atoms with Crippen LogP contribution in [0.3, 0.4) is 0 Å². The zero-order valence-corrected chi connectivity index (χ0v) is 13.2. The first-order valence-electron chi connectivity index (χ1n) is 6.68. The van der Waals surface area contributed by atoms with Gasteiger partial charge in [-0.3, -0.25) is 0 Å². The maximum absolute atomic E-state index is 12.5. The fraction of sp³-hybridized carbons (Fsp3) is 0.125. The Bertz CT molecular complexity index is 786. The summed E-state index contributed by atoms with van der Waals surface area (Å²) in [7, 11) is -3.04. The minimum atomic E-state index is -4.12. The molecule has 0 saturated heterocycles. The Morgan fingerprint density at radius 3 is 2.13 bits per heavy atom. The lowest BCUT2D eigenvalue weighted by Gasteiger charge is -2.06. The van der Waals surface area contributed by atoms with Crippen LogP contribution in [-0.2, 0) is 30.8 Å². The maximum Gasteiger partial charge on any atom is 0.372 e. The number of hydrogen-bond donors (Lipinski definition) is 0. The molecule has 23 heavy (non-hydrogen) atoms. The van der Waals surface area contributed by atoms with Crippen LogP contribution in [0.25, 0.3) is 0 Å². The summed E-state index contributed by atoms with van der Waals surface area (Å²) < 4.78 is 29.4. The van der Waals surface area contributed by atoms with E-state index >= 15 is 0 Å². The molecule has 7 heteroatoms. The lowest BCUT2D eigenvalue weighted by Crippen LogP contribution is -2.26. The average Bonchev–Trinajstić information content (AvgIpc) is 2.59. The first-order valence-corrected chi connectivity index (χ1v) is 8.16. The number of sulfone groups is 1. The average molecular weight is 333 g/mol. The number of ether oxygens (including phenoxy) is 1. The molecule has 0 fully saturated rings. The molecule has 6 nitrogen and oxygen atoms in total. The Morgan fingerprint density at radius 1 is 1.00 bits per heavy atom. The Hall–Kier alpha value is -2.67. The number of carbonyl (C=O) groups excluding carboxylic acids is 1. The van der Waals surface area contributed by atoms with E-state index in [4.69, 9.17) is 4.84 Å². The van der Waals surface area contributed by atoms with Crippen LogP contribution in [0.5, 0.6) is 0 Å². The van der Waals surface area contributed by atoms with E-state index in [0.717, 1.165) is 12.7 Å². The summed E-state index contributed by atoms with van der Waals surface area (Å²) in [5, 5.41) is 2.70. The summed E-state index contributed by atoms with van der Waals surface area (Å²) in [6.45, 7) is 0.0334. The van der Waals surface area contributed by atoms with Gasteiger partial charge in [0.15, 0.2) is 0 Å². The van der Waals surface area contributed by atoms with Crippen molar-refractivity contribution in [3.05, 3.63) is 66.2 Å². The van der Waals surface area contributed by atoms with Crippen LogP contribution in [0.2, 0.25) is 0 Å². The maximum atomic E-state index is 12.5. The van der Waals surface area contributed by atoms with Gasteiger partial charge in [0, 0.05) is 0 Å². The van der Waals surface area contributed by atoms with Crippen molar-refractivity contribution in [2.24, 2.45) is 5.16 Å². The van der Waals surface area contributed by atoms with Crippen LogP contribution in [-0.4, -0.2) is 26.5 Å². The van der Waals surface area contributed by atoms with Gasteiger partial charge in [-0.15, -0.1) is 0 Å². The number of nitrogens with zero attached hydrogens (tertiary/aromatic N) is 1. The third-order valence-electron chi connectivity index (χ3n) is 2.89. The predicted octanol–water partition coefficient (Wildman–Crippen LogP) is 2.16. The summed E-state index contributed by atoms with van der Waals surface area (Å²) in [4.78, 5) is 16.7. The Labute approximate surface area is 134 Å². The molecule has 0 aliphatic heterocycles. The predicted molar refractivity (Wildman–Crippen MR) is 84.3 cm³/mol. The van der Waals surface area contributed by atoms with E-state index in [1.165, 1.54) is 12.1 Å². The molecule has 0 N–H and O–H groups in total. The summed E-state index contributed by atoms with van der Waals surface area (Å²) in [6, 6.07) is 16.5. The Kier molecular flexibility index (Phi) is 5.48. The first-order chi connectivity index (χ1) is 11.1. The Morgan fingerprint density at radius 2 is 1.57 bits per heavy atom. The summed E-state index contributed by atoms with van der Waals surface area (Å²) >= 11 is 0. The van der Waals surface area contributed by atoms with Gasteiger partial charge in [0.1, 0.15) is 6.61 Å². The lowest BCUT2D eigenvalue weighted by atomic mass is 10.2. The van der Waals surface area contributed by atoms with E-state index in [2.05, 4.69) is 9.89 Å². The molecular weight excluding hydrogens is 318 g/mol. The van der Waals surface area contributed by atoms with Crippen molar-refractivity contribution >= 4 is 20.9 Å². The van der Waals surface area contributed by atoms with Crippen molar-refractivity contribution in [2.75, 3.05) is 7.11 Å². The fourth-order valence-electron chi connectivity index (χ4n) is 1.73. The molecule has 0 bridgehead atoms. The van der Waals surface area contributed by atoms with E-state index in [-0.39, 0.29) is 11.5 Å². The second-order valence-corrected chi connectivity index (χ2v) is 6.33. The highest BCUT2D eigenvalue weighted by atomic mass is 32.2. The highest BCUT2D eigenvalue weighted by Gasteiger charge is 2.31. The summed E-state index contributed by atoms with van der Waals surface area (Å²) in [6.07, 6.45) is 0. The standard InChI is InChI=1S/C16H15NO5S/c1-21-16(18)15(17-22-12-13-8-4-2-5-9-13)23(19,20)14-10-6-3-7-11-14/h2-11H,12H2,1H3. The molecule has 0 radical (unpaired) electrons. The van der Waals surface area contributed by atoms with Crippen molar-refractivity contribution in [3.8, 4) is 0 Å². The van der Waals surface area contributed by atoms with E-state index < -0.39 is 20.9 Å². The largest absolute Gasteiger partial charge is 0.464 e. The molecule has 2 rings (SSSR count). The topological polar surface area (TPSA) is 82.0 Å². The van der Waals surface area contributed by atoms with Gasteiger partial charge >= 0.3 is 5.97 Å². The highest BCUT2D eigenvalue weighted by molar-refractivity contribution is 8.08. The van der Waals surface area contributed by atoms with Crippen molar-refractivity contribution in [3.63, 3.8) is 0 Å². The van der Waals surface area contributed by atoms with Gasteiger partial charge in [-0.05, 0) is 17.7 Å². The number of methoxy groups -OCH3 is 1. The molecule has 2 aromatic carbocycles. The number of hydrogen-bond acceptors (Lipinski definition) is 6. The summed E-state index contributed by atoms with van der Waals surface area (Å²) in [5.41, 5.74) is 0.789. The number of esters is 1. The van der Waals surface area contributed by atoms with Gasteiger partial charge in [-0.2, -0.15) is 0 Å². The molecular formula is C16H15NO5S. The van der Waals surface area contributed by atoms with Crippen LogP contribution in [0.15, 0.2) is 70.7 Å². The van der Waals surface area contributed by atoms with Crippen LogP contribution in [0.1, 0.15) is 5.56 Å². The molecule has 0 aliphatic rings. The zero-order valence-electron chi connectivity index (χ0n) is 12.4. The van der Waals surface area contributed by atoms with E-state index in [1.54, 1.807) is 30.3 Å². The minimum absolute atomic E-state index is 0.0334. The van der Waals surface area contributed by atoms with Crippen LogP contribution in [0.4, 0.5) is 0 Å². The van der Waals surface area contributed by atoms with Gasteiger partial charge in [0.25, 0.3) is 5.04 Å². The number of carbonyl (C=O) groups is 1. The number of benzene rings is 2. The quantitative estimate of drug-likeness (QED) is 0.371. The smallest absolute Gasteiger partial charge is 0.372 e. The van der Waals surface area contributed by atoms with Gasteiger partial charge in [0.05, 0.1) is 12.0 Å². The van der Waals surface area contributed by atoms with Crippen molar-refractivity contribution in [1.82, 2.24) is 0 Å². The normalized spacial score (nSPS) is 11.8. The molecule has 0 atom stereocenters. The number of oxime groups is 1. The van der Waals surface area contributed by atoms with Gasteiger partial charge in [0.2, 0.25) is 9.84 Å². The molecule has 0 unspecified atom stereocenters. The molecule has 120 valence electrons. The molecule has 0 saturated carbocycles. The molecule has 2 aromatic rings. The van der Waals surface area contributed by atoms with Gasteiger partial charge in [-0.25, -0.2) is 13.2 Å². The summed E-state index contributed by atoms with van der Waals surface area (Å²) in [5.74, 6) is -1.08. The van der Waals surface area contributed by atoms with Crippen LogP contribution >= 0.6 is 0 Å². The lowest BCUT2D eigenvalue weighted by molar-refractivity contribution is -0.132. The molecule has 0 spiro atoms. The van der Waals surface area contributed by atoms with E-state index in [1.807, 2.05) is 18.2 Å². The minimum Gasteiger partial charge on any atom is -0.464 e. The first kappa shape index (κ1) is 16.7. The van der Waals surface area contributed by atoms with Crippen LogP contribution in [0, 0.1) is 0 Å². The zero-order chi connectivity index (χ0) is 16.7. The molecule has 0 aromatic heterocycles. The van der Waals surface area contributed by atoms with E-state index in [0.29, 0.717) is 0 Å². The van der Waals surface area contributed by atoms with Gasteiger partial charge < -0.3 is 9.57 Å². The SMILES string of the molecule is COC(=O)C(=NOCc1ccccc1)S(=O)(=O)c1ccccc1. The molecule has 0 aliphatic carbocycles. The molecule has 0 heterocycles. The highest BCUT2D eigenvalue weighted by Crippen LogP contribution is 2.13. The van der Waals surface area contributed by atoms with Crippen molar-refractivity contribution in [1.29, 1.82) is 0 Å². The number of rotatable bonds is 4. The Balaban J connectivity index is 2.27. The third kappa shape index (κ3) is 4.17. The monoisotopic (exact) mass is 333 g/mol. The second-order valence-electron chi connectivity index (χ2n) is 4.46. The second kappa shape index (κ2) is 7.55. The van der Waals surface area contributed by atoms with Crippen molar-refractivity contribution in [2.45, 2.75) is 11.5 Å². The fourth-order valence-corrected chi connectivity index (χ4v) is 2.93.